The number of nitrogens with one attached hydrogen (secondary N) is 1. The number of hydrogen-bond donors (Lipinski definition) is 1. The maximum Gasteiger partial charge on any atom is 0.265 e. The third kappa shape index (κ3) is 4.52. The molecule has 2 amide bonds. The van der Waals surface area contributed by atoms with E-state index in [1.165, 1.54) is 0 Å². The lowest BCUT2D eigenvalue weighted by atomic mass is 10.1. The zero-order valence-electron chi connectivity index (χ0n) is 15.2. The van der Waals surface area contributed by atoms with Gasteiger partial charge in [-0.2, -0.15) is 0 Å². The summed E-state index contributed by atoms with van der Waals surface area (Å²) in [5, 5.41) is 2.88. The molecule has 0 aromatic heterocycles. The molecule has 0 atom stereocenters. The Morgan fingerprint density at radius 2 is 1.79 bits per heavy atom. The molecule has 0 fully saturated rings. The summed E-state index contributed by atoms with van der Waals surface area (Å²) in [5.74, 6) is 0.256. The third-order valence-electron chi connectivity index (χ3n) is 4.50. The second-order valence-corrected chi connectivity index (χ2v) is 8.37. The highest BCUT2D eigenvalue weighted by atomic mass is 79.9. The predicted octanol–water partition coefficient (Wildman–Crippen LogP) is 5.39. The molecule has 0 saturated heterocycles. The van der Waals surface area contributed by atoms with Gasteiger partial charge in [-0.05, 0) is 54.1 Å². The maximum absolute atomic E-state index is 12.6. The molecule has 1 N–H and O–H groups in total. The van der Waals surface area contributed by atoms with E-state index in [1.54, 1.807) is 41.3 Å². The van der Waals surface area contributed by atoms with Crippen LogP contribution in [0.15, 0.2) is 75.7 Å². The van der Waals surface area contributed by atoms with Gasteiger partial charge < -0.3 is 15.0 Å². The Kier molecular flexibility index (Phi) is 5.69. The number of rotatable bonds is 4. The van der Waals surface area contributed by atoms with Gasteiger partial charge in [0.2, 0.25) is 0 Å². The van der Waals surface area contributed by atoms with E-state index in [4.69, 9.17) is 4.74 Å². The summed E-state index contributed by atoms with van der Waals surface area (Å²) in [4.78, 5) is 26.8. The smallest absolute Gasteiger partial charge is 0.265 e. The first-order valence-electron chi connectivity index (χ1n) is 8.88. The van der Waals surface area contributed by atoms with E-state index in [1.807, 2.05) is 30.3 Å². The van der Waals surface area contributed by atoms with E-state index in [9.17, 15) is 9.59 Å². The van der Waals surface area contributed by atoms with Crippen LogP contribution in [0.3, 0.4) is 0 Å². The first-order valence-corrected chi connectivity index (χ1v) is 10.5. The van der Waals surface area contributed by atoms with Crippen molar-refractivity contribution in [1.29, 1.82) is 0 Å². The first kappa shape index (κ1) is 19.7. The molecule has 5 nitrogen and oxygen atoms in total. The van der Waals surface area contributed by atoms with Gasteiger partial charge >= 0.3 is 0 Å². The zero-order chi connectivity index (χ0) is 20.4. The summed E-state index contributed by atoms with van der Waals surface area (Å²) in [6.45, 7) is 0.415. The van der Waals surface area contributed by atoms with Crippen LogP contribution in [0.4, 0.5) is 11.4 Å². The third-order valence-corrected chi connectivity index (χ3v) is 5.52. The zero-order valence-corrected chi connectivity index (χ0v) is 18.4. The average Bonchev–Trinajstić information content (AvgIpc) is 2.71. The van der Waals surface area contributed by atoms with Crippen LogP contribution in [0, 0.1) is 0 Å². The molecular formula is C22H16Br2N2O3. The fourth-order valence-corrected chi connectivity index (χ4v) is 3.72. The Morgan fingerprint density at radius 3 is 2.55 bits per heavy atom. The minimum Gasteiger partial charge on any atom is -0.482 e. The van der Waals surface area contributed by atoms with Gasteiger partial charge in [-0.3, -0.25) is 9.59 Å². The average molecular weight is 516 g/mol. The molecule has 0 spiro atoms. The topological polar surface area (TPSA) is 58.6 Å². The van der Waals surface area contributed by atoms with Gasteiger partial charge in [-0.1, -0.05) is 50.1 Å². The van der Waals surface area contributed by atoms with E-state index in [-0.39, 0.29) is 18.4 Å². The van der Waals surface area contributed by atoms with Gasteiger partial charge in [0.15, 0.2) is 6.61 Å². The lowest BCUT2D eigenvalue weighted by Crippen LogP contribution is -2.38. The highest BCUT2D eigenvalue weighted by molar-refractivity contribution is 9.10. The Bertz CT molecular complexity index is 1080. The number of nitrogens with zero attached hydrogens (tertiary/aromatic N) is 1. The van der Waals surface area contributed by atoms with Crippen molar-refractivity contribution in [2.75, 3.05) is 16.8 Å². The van der Waals surface area contributed by atoms with Crippen molar-refractivity contribution < 1.29 is 14.3 Å². The van der Waals surface area contributed by atoms with Crippen molar-refractivity contribution in [2.45, 2.75) is 6.54 Å². The first-order chi connectivity index (χ1) is 14.0. The molecule has 29 heavy (non-hydrogen) atoms. The number of fused-ring (bicyclic) bond motifs is 1. The molecule has 146 valence electrons. The van der Waals surface area contributed by atoms with Gasteiger partial charge in [0.25, 0.3) is 11.8 Å². The van der Waals surface area contributed by atoms with Gasteiger partial charge in [-0.25, -0.2) is 0 Å². The molecule has 4 rings (SSSR count). The van der Waals surface area contributed by atoms with Crippen LogP contribution in [0.5, 0.6) is 5.75 Å². The summed E-state index contributed by atoms with van der Waals surface area (Å²) in [6.07, 6.45) is 0. The number of carbonyl (C=O) groups is 2. The molecule has 0 radical (unpaired) electrons. The van der Waals surface area contributed by atoms with Crippen LogP contribution in [-0.2, 0) is 11.3 Å². The molecule has 3 aromatic carbocycles. The normalized spacial score (nSPS) is 12.9. The minimum absolute atomic E-state index is 0.00667. The van der Waals surface area contributed by atoms with Crippen LogP contribution in [0.1, 0.15) is 15.9 Å². The number of benzene rings is 3. The summed E-state index contributed by atoms with van der Waals surface area (Å²) in [5.41, 5.74) is 2.76. The number of anilines is 2. The summed E-state index contributed by atoms with van der Waals surface area (Å²) >= 11 is 6.79. The Hall–Kier alpha value is -2.64. The van der Waals surface area contributed by atoms with Crippen molar-refractivity contribution >= 4 is 55.0 Å². The summed E-state index contributed by atoms with van der Waals surface area (Å²) < 4.78 is 7.37. The van der Waals surface area contributed by atoms with Crippen LogP contribution >= 0.6 is 31.9 Å². The van der Waals surface area contributed by atoms with E-state index >= 15 is 0 Å². The largest absolute Gasteiger partial charge is 0.482 e. The van der Waals surface area contributed by atoms with Gasteiger partial charge in [0.05, 0.1) is 12.2 Å². The Morgan fingerprint density at radius 1 is 1.00 bits per heavy atom. The number of halogens is 2. The van der Waals surface area contributed by atoms with Crippen LogP contribution in [0.25, 0.3) is 0 Å². The van der Waals surface area contributed by atoms with E-state index in [0.29, 0.717) is 29.2 Å². The molecule has 0 unspecified atom stereocenters. The van der Waals surface area contributed by atoms with Crippen molar-refractivity contribution in [3.05, 3.63) is 86.8 Å². The molecule has 7 heteroatoms. The van der Waals surface area contributed by atoms with Gasteiger partial charge in [0, 0.05) is 20.2 Å². The number of ether oxygens (including phenoxy) is 1. The Balaban J connectivity index is 1.60. The van der Waals surface area contributed by atoms with E-state index < -0.39 is 0 Å². The van der Waals surface area contributed by atoms with E-state index in [0.717, 1.165) is 14.5 Å². The molecule has 3 aromatic rings. The highest BCUT2D eigenvalue weighted by Crippen LogP contribution is 2.35. The Labute approximate surface area is 184 Å². The molecular weight excluding hydrogens is 500 g/mol. The van der Waals surface area contributed by atoms with Crippen molar-refractivity contribution in [1.82, 2.24) is 0 Å². The van der Waals surface area contributed by atoms with Crippen molar-refractivity contribution in [3.63, 3.8) is 0 Å². The SMILES string of the molecule is O=C(Nc1ccc2c(c1)N(Cc1ccc(Br)cc1)C(=O)CO2)c1cccc(Br)c1. The predicted molar refractivity (Wildman–Crippen MR) is 119 cm³/mol. The van der Waals surface area contributed by atoms with Crippen LogP contribution in [0.2, 0.25) is 0 Å². The fraction of sp³-hybridized carbons (Fsp3) is 0.0909. The molecule has 0 bridgehead atoms. The number of hydrogen-bond acceptors (Lipinski definition) is 3. The summed E-state index contributed by atoms with van der Waals surface area (Å²) in [7, 11) is 0. The second-order valence-electron chi connectivity index (χ2n) is 6.54. The molecule has 1 aliphatic heterocycles. The van der Waals surface area contributed by atoms with Crippen molar-refractivity contribution in [3.8, 4) is 5.75 Å². The van der Waals surface area contributed by atoms with Crippen LogP contribution < -0.4 is 15.0 Å². The standard InChI is InChI=1S/C22H16Br2N2O3/c23-16-6-4-14(5-7-16)12-26-19-11-18(8-9-20(19)29-13-21(26)27)25-22(28)15-2-1-3-17(24)10-15/h1-11H,12-13H2,(H,25,28). The lowest BCUT2D eigenvalue weighted by molar-refractivity contribution is -0.121. The highest BCUT2D eigenvalue weighted by Gasteiger charge is 2.26. The summed E-state index contributed by atoms with van der Waals surface area (Å²) in [6, 6.07) is 20.3. The van der Waals surface area contributed by atoms with Gasteiger partial charge in [-0.15, -0.1) is 0 Å². The van der Waals surface area contributed by atoms with Crippen LogP contribution in [-0.4, -0.2) is 18.4 Å². The fourth-order valence-electron chi connectivity index (χ4n) is 3.06. The van der Waals surface area contributed by atoms with Crippen molar-refractivity contribution in [2.24, 2.45) is 0 Å². The molecule has 1 aliphatic rings. The number of carbonyl (C=O) groups excluding carboxylic acids is 2. The van der Waals surface area contributed by atoms with E-state index in [2.05, 4.69) is 37.2 Å². The lowest BCUT2D eigenvalue weighted by Gasteiger charge is -2.30. The maximum atomic E-state index is 12.6. The molecule has 0 saturated carbocycles. The van der Waals surface area contributed by atoms with Gasteiger partial charge in [0.1, 0.15) is 5.75 Å². The quantitative estimate of drug-likeness (QED) is 0.506. The number of amides is 2. The monoisotopic (exact) mass is 514 g/mol. The second kappa shape index (κ2) is 8.39. The minimum atomic E-state index is -0.228. The molecule has 1 heterocycles. The molecule has 0 aliphatic carbocycles.